The van der Waals surface area contributed by atoms with E-state index in [1.807, 2.05) is 0 Å². The van der Waals surface area contributed by atoms with E-state index in [0.717, 1.165) is 0 Å². The van der Waals surface area contributed by atoms with E-state index in [1.54, 1.807) is 26.8 Å². The molecule has 0 radical (unpaired) electrons. The second kappa shape index (κ2) is 7.60. The van der Waals surface area contributed by atoms with Crippen LogP contribution in [-0.2, 0) is 9.53 Å². The summed E-state index contributed by atoms with van der Waals surface area (Å²) in [6.07, 6.45) is 1.49. The molecular formula is C17H22N4O4. The third-order valence-corrected chi connectivity index (χ3v) is 4.54. The minimum Gasteiger partial charge on any atom is -0.378 e. The van der Waals surface area contributed by atoms with Crippen LogP contribution in [0.1, 0.15) is 27.8 Å². The molecule has 0 aliphatic carbocycles. The van der Waals surface area contributed by atoms with Crippen molar-refractivity contribution in [1.29, 1.82) is 0 Å². The fourth-order valence-corrected chi connectivity index (χ4v) is 3.02. The molecular weight excluding hydrogens is 324 g/mol. The molecule has 8 heteroatoms. The van der Waals surface area contributed by atoms with Crippen molar-refractivity contribution < 1.29 is 19.1 Å². The predicted molar refractivity (Wildman–Crippen MR) is 89.1 cm³/mol. The van der Waals surface area contributed by atoms with E-state index in [1.165, 1.54) is 13.1 Å². The zero-order valence-corrected chi connectivity index (χ0v) is 14.3. The minimum absolute atomic E-state index is 0.0170. The Bertz CT molecular complexity index is 664. The van der Waals surface area contributed by atoms with E-state index in [9.17, 15) is 14.4 Å². The first-order chi connectivity index (χ1) is 12.1. The molecule has 134 valence electrons. The summed E-state index contributed by atoms with van der Waals surface area (Å²) in [6, 6.07) is 3.18. The van der Waals surface area contributed by atoms with Gasteiger partial charge in [0.1, 0.15) is 5.69 Å². The Labute approximate surface area is 146 Å². The van der Waals surface area contributed by atoms with Gasteiger partial charge in [0.2, 0.25) is 5.91 Å². The summed E-state index contributed by atoms with van der Waals surface area (Å²) in [5.41, 5.74) is 0.720. The van der Waals surface area contributed by atoms with Crippen molar-refractivity contribution in [2.75, 3.05) is 52.5 Å². The van der Waals surface area contributed by atoms with Crippen molar-refractivity contribution in [3.63, 3.8) is 0 Å². The number of rotatable bonds is 2. The molecule has 2 saturated heterocycles. The molecule has 25 heavy (non-hydrogen) atoms. The SMILES string of the molecule is CC(=O)N1CCN(C(=O)c2cc(C(=O)N3CCOCC3)ccn2)CC1. The minimum atomic E-state index is -0.208. The Kier molecular flexibility index (Phi) is 5.28. The fraction of sp³-hybridized carbons (Fsp3) is 0.529. The lowest BCUT2D eigenvalue weighted by Gasteiger charge is -2.34. The van der Waals surface area contributed by atoms with Crippen LogP contribution < -0.4 is 0 Å². The van der Waals surface area contributed by atoms with Gasteiger partial charge in [-0.2, -0.15) is 0 Å². The lowest BCUT2D eigenvalue weighted by Crippen LogP contribution is -2.50. The van der Waals surface area contributed by atoms with Gasteiger partial charge in [0.15, 0.2) is 0 Å². The van der Waals surface area contributed by atoms with Gasteiger partial charge in [-0.05, 0) is 12.1 Å². The molecule has 2 aliphatic rings. The average molecular weight is 346 g/mol. The normalized spacial score (nSPS) is 18.2. The molecule has 0 atom stereocenters. The first-order valence-electron chi connectivity index (χ1n) is 8.44. The van der Waals surface area contributed by atoms with E-state index in [-0.39, 0.29) is 23.4 Å². The van der Waals surface area contributed by atoms with Gasteiger partial charge >= 0.3 is 0 Å². The lowest BCUT2D eigenvalue weighted by atomic mass is 10.1. The standard InChI is InChI=1S/C17H22N4O4/c1-13(22)19-4-6-20(7-5-19)17(24)15-12-14(2-3-18-15)16(23)21-8-10-25-11-9-21/h2-3,12H,4-11H2,1H3. The van der Waals surface area contributed by atoms with E-state index < -0.39 is 0 Å². The van der Waals surface area contributed by atoms with E-state index in [0.29, 0.717) is 58.0 Å². The second-order valence-corrected chi connectivity index (χ2v) is 6.13. The van der Waals surface area contributed by atoms with Crippen LogP contribution in [0.2, 0.25) is 0 Å². The van der Waals surface area contributed by atoms with Crippen LogP contribution in [0, 0.1) is 0 Å². The zero-order valence-electron chi connectivity index (χ0n) is 14.3. The number of piperazine rings is 1. The molecule has 0 spiro atoms. The maximum atomic E-state index is 12.6. The number of carbonyl (C=O) groups excluding carboxylic acids is 3. The van der Waals surface area contributed by atoms with Crippen molar-refractivity contribution in [2.24, 2.45) is 0 Å². The Morgan fingerprint density at radius 3 is 2.16 bits per heavy atom. The van der Waals surface area contributed by atoms with Crippen molar-refractivity contribution in [3.8, 4) is 0 Å². The predicted octanol–water partition coefficient (Wildman–Crippen LogP) is -0.142. The van der Waals surface area contributed by atoms with Crippen molar-refractivity contribution >= 4 is 17.7 Å². The van der Waals surface area contributed by atoms with Crippen molar-refractivity contribution in [3.05, 3.63) is 29.6 Å². The molecule has 3 heterocycles. The summed E-state index contributed by atoms with van der Waals surface area (Å²) in [5, 5.41) is 0. The van der Waals surface area contributed by atoms with E-state index >= 15 is 0 Å². The maximum absolute atomic E-state index is 12.6. The third-order valence-electron chi connectivity index (χ3n) is 4.54. The van der Waals surface area contributed by atoms with Crippen LogP contribution in [0.15, 0.2) is 18.3 Å². The van der Waals surface area contributed by atoms with Crippen LogP contribution in [0.25, 0.3) is 0 Å². The Morgan fingerprint density at radius 2 is 1.52 bits per heavy atom. The number of ether oxygens (including phenoxy) is 1. The van der Waals surface area contributed by atoms with Crippen LogP contribution in [0.4, 0.5) is 0 Å². The molecule has 0 unspecified atom stereocenters. The van der Waals surface area contributed by atoms with Crippen LogP contribution in [-0.4, -0.2) is 89.9 Å². The van der Waals surface area contributed by atoms with Gasteiger partial charge < -0.3 is 19.4 Å². The Morgan fingerprint density at radius 1 is 0.920 bits per heavy atom. The first-order valence-corrected chi connectivity index (χ1v) is 8.44. The largest absolute Gasteiger partial charge is 0.378 e. The number of hydrogen-bond acceptors (Lipinski definition) is 5. The van der Waals surface area contributed by atoms with Crippen molar-refractivity contribution in [1.82, 2.24) is 19.7 Å². The molecule has 2 aliphatic heterocycles. The molecule has 2 fully saturated rings. The van der Waals surface area contributed by atoms with Crippen LogP contribution in [0.3, 0.4) is 0 Å². The van der Waals surface area contributed by atoms with Gasteiger partial charge in [-0.1, -0.05) is 0 Å². The highest BCUT2D eigenvalue weighted by molar-refractivity contribution is 5.98. The molecule has 8 nitrogen and oxygen atoms in total. The highest BCUT2D eigenvalue weighted by Crippen LogP contribution is 2.12. The number of morpholine rings is 1. The Hall–Kier alpha value is -2.48. The van der Waals surface area contributed by atoms with E-state index in [2.05, 4.69) is 4.98 Å². The topological polar surface area (TPSA) is 83.1 Å². The molecule has 0 aromatic carbocycles. The summed E-state index contributed by atoms with van der Waals surface area (Å²) < 4.78 is 5.26. The molecule has 0 bridgehead atoms. The summed E-state index contributed by atoms with van der Waals surface area (Å²) in [6.45, 7) is 5.69. The fourth-order valence-electron chi connectivity index (χ4n) is 3.02. The number of pyridine rings is 1. The number of carbonyl (C=O) groups is 3. The number of nitrogens with zero attached hydrogens (tertiary/aromatic N) is 4. The van der Waals surface area contributed by atoms with E-state index in [4.69, 9.17) is 4.74 Å². The summed E-state index contributed by atoms with van der Waals surface area (Å²) in [4.78, 5) is 45.8. The second-order valence-electron chi connectivity index (χ2n) is 6.13. The first kappa shape index (κ1) is 17.3. The molecule has 1 aromatic rings. The monoisotopic (exact) mass is 346 g/mol. The molecule has 0 saturated carbocycles. The summed E-state index contributed by atoms with van der Waals surface area (Å²) >= 11 is 0. The summed E-state index contributed by atoms with van der Waals surface area (Å²) in [7, 11) is 0. The van der Waals surface area contributed by atoms with Crippen LogP contribution in [0.5, 0.6) is 0 Å². The smallest absolute Gasteiger partial charge is 0.272 e. The van der Waals surface area contributed by atoms with Gasteiger partial charge in [-0.3, -0.25) is 19.4 Å². The van der Waals surface area contributed by atoms with Crippen LogP contribution >= 0.6 is 0 Å². The summed E-state index contributed by atoms with van der Waals surface area (Å²) in [5.74, 6) is -0.302. The highest BCUT2D eigenvalue weighted by Gasteiger charge is 2.25. The Balaban J connectivity index is 1.67. The maximum Gasteiger partial charge on any atom is 0.272 e. The molecule has 1 aromatic heterocycles. The molecule has 3 rings (SSSR count). The molecule has 0 N–H and O–H groups in total. The van der Waals surface area contributed by atoms with Gasteiger partial charge in [0.25, 0.3) is 11.8 Å². The number of hydrogen-bond donors (Lipinski definition) is 0. The number of amides is 3. The van der Waals surface area contributed by atoms with Gasteiger partial charge in [-0.15, -0.1) is 0 Å². The molecule has 3 amide bonds. The van der Waals surface area contributed by atoms with Crippen molar-refractivity contribution in [2.45, 2.75) is 6.92 Å². The van der Waals surface area contributed by atoms with Gasteiger partial charge in [0, 0.05) is 58.0 Å². The van der Waals surface area contributed by atoms with Gasteiger partial charge in [0.05, 0.1) is 13.2 Å². The van der Waals surface area contributed by atoms with Gasteiger partial charge in [-0.25, -0.2) is 0 Å². The lowest BCUT2D eigenvalue weighted by molar-refractivity contribution is -0.130. The zero-order chi connectivity index (χ0) is 17.8. The average Bonchev–Trinajstić information content (AvgIpc) is 2.67. The highest BCUT2D eigenvalue weighted by atomic mass is 16.5. The third kappa shape index (κ3) is 3.96. The quantitative estimate of drug-likeness (QED) is 0.744. The number of aromatic nitrogens is 1.